The Morgan fingerprint density at radius 2 is 0.903 bits per heavy atom. The topological polar surface area (TPSA) is 255 Å². The highest BCUT2D eigenvalue weighted by molar-refractivity contribution is 7.91. The molecule has 103 heavy (non-hydrogen) atoms. The van der Waals surface area contributed by atoms with Gasteiger partial charge in [-0.1, -0.05) is 143 Å². The van der Waals surface area contributed by atoms with Gasteiger partial charge < -0.3 is 23.6 Å². The fraction of sp³-hybridized carbons (Fsp3) is 0.388. The van der Waals surface area contributed by atoms with E-state index in [0.29, 0.717) is 41.7 Å². The molecule has 10 aromatic rings. The van der Waals surface area contributed by atoms with Gasteiger partial charge in [0.15, 0.2) is 5.03 Å². The van der Waals surface area contributed by atoms with Gasteiger partial charge in [0, 0.05) is 101 Å². The molecule has 0 spiro atoms. The summed E-state index contributed by atoms with van der Waals surface area (Å²) >= 11 is 0. The molecule has 3 aliphatic heterocycles. The van der Waals surface area contributed by atoms with E-state index in [4.69, 9.17) is 0 Å². The molecule has 4 saturated carbocycles. The number of benzene rings is 6. The van der Waals surface area contributed by atoms with Crippen LogP contribution in [0.1, 0.15) is 199 Å². The van der Waals surface area contributed by atoms with Gasteiger partial charge in [0.25, 0.3) is 27.7 Å². The van der Waals surface area contributed by atoms with Crippen molar-refractivity contribution < 1.29 is 44.4 Å². The fourth-order valence-electron chi connectivity index (χ4n) is 17.1. The average Bonchev–Trinajstić information content (AvgIpc) is 1.59. The van der Waals surface area contributed by atoms with Gasteiger partial charge in [-0.3, -0.25) is 19.2 Å². The molecule has 20 nitrogen and oxygen atoms in total. The van der Waals surface area contributed by atoms with Crippen LogP contribution in [-0.2, 0) is 74.6 Å². The number of amides is 4. The summed E-state index contributed by atoms with van der Waals surface area (Å²) in [5.74, 6) is -0.610. The Bertz CT molecular complexity index is 5370. The van der Waals surface area contributed by atoms with Crippen LogP contribution in [0.15, 0.2) is 145 Å². The van der Waals surface area contributed by atoms with Crippen LogP contribution in [0.4, 0.5) is 5.69 Å². The van der Waals surface area contributed by atoms with Crippen LogP contribution in [0.3, 0.4) is 0 Å². The minimum Gasteiger partial charge on any atom is -0.340 e. The number of aromatic nitrogens is 5. The molecule has 0 atom stereocenters. The molecule has 23 heteroatoms. The number of para-hydroxylation sites is 1. The van der Waals surface area contributed by atoms with E-state index in [0.717, 1.165) is 94.8 Å². The van der Waals surface area contributed by atoms with Gasteiger partial charge in [-0.05, 0) is 165 Å². The Hall–Kier alpha value is -9.16. The molecule has 17 rings (SSSR count). The number of hydrogen-bond donors (Lipinski definition) is 4. The van der Waals surface area contributed by atoms with Gasteiger partial charge in [-0.2, -0.15) is 21.1 Å². The van der Waals surface area contributed by atoms with Crippen molar-refractivity contribution in [1.29, 1.82) is 0 Å². The quantitative estimate of drug-likeness (QED) is 0.0894. The smallest absolute Gasteiger partial charge is 0.303 e. The lowest BCUT2D eigenvalue weighted by molar-refractivity contribution is -0.116. The number of carbonyl (C=O) groups is 4. The van der Waals surface area contributed by atoms with Crippen LogP contribution in [-0.4, -0.2) is 95.8 Å². The number of carbonyl (C=O) groups excluding carboxylic acids is 4. The van der Waals surface area contributed by atoms with E-state index in [2.05, 4.69) is 82.1 Å². The summed E-state index contributed by atoms with van der Waals surface area (Å²) in [6.07, 6.45) is 26.1. The van der Waals surface area contributed by atoms with E-state index in [9.17, 15) is 44.4 Å². The van der Waals surface area contributed by atoms with E-state index in [1.807, 2.05) is 59.2 Å². The van der Waals surface area contributed by atoms with Gasteiger partial charge in [-0.15, -0.1) is 0 Å². The first-order chi connectivity index (χ1) is 49.7. The molecule has 4 amide bonds. The van der Waals surface area contributed by atoms with Crippen LogP contribution < -0.4 is 19.5 Å². The van der Waals surface area contributed by atoms with Crippen molar-refractivity contribution in [1.82, 2.24) is 41.7 Å². The zero-order chi connectivity index (χ0) is 71.5. The first-order valence-corrected chi connectivity index (χ1v) is 41.1. The van der Waals surface area contributed by atoms with Gasteiger partial charge in [0.05, 0.1) is 39.9 Å². The minimum atomic E-state index is -4.05. The molecular formula is C80H88N10O10S3. The number of nitrogens with one attached hydrogen (secondary N) is 4. The highest BCUT2D eigenvalue weighted by Crippen LogP contribution is 2.50. The lowest BCUT2D eigenvalue weighted by Crippen LogP contribution is -2.39. The van der Waals surface area contributed by atoms with Gasteiger partial charge >= 0.3 is 10.2 Å². The Kier molecular flexibility index (Phi) is 19.2. The van der Waals surface area contributed by atoms with Crippen molar-refractivity contribution in [2.45, 2.75) is 183 Å². The summed E-state index contributed by atoms with van der Waals surface area (Å²) in [6.45, 7) is 1.89. The van der Waals surface area contributed by atoms with Crippen LogP contribution >= 0.6 is 0 Å². The number of nitrogens with zero attached hydrogens (tertiary/aromatic N) is 6. The maximum atomic E-state index is 13.1. The number of hydrogen-bond acceptors (Lipinski definition) is 11. The maximum Gasteiger partial charge on any atom is 0.303 e. The molecule has 4 aromatic heterocycles. The van der Waals surface area contributed by atoms with Crippen LogP contribution in [0, 0.1) is 0 Å². The van der Waals surface area contributed by atoms with E-state index >= 15 is 0 Å². The molecule has 7 heterocycles. The lowest BCUT2D eigenvalue weighted by atomic mass is 9.81. The molecular weight excluding hydrogens is 1360 g/mol. The number of anilines is 1. The molecule has 0 unspecified atom stereocenters. The summed E-state index contributed by atoms with van der Waals surface area (Å²) in [7, 11) is -7.05. The molecule has 4 fully saturated rings. The third kappa shape index (κ3) is 13.8. The second kappa shape index (κ2) is 28.5. The standard InChI is InChI=1S/C28H30N4O3S.C26H27N3O4S.C26H31N3O3S/c1-31-17-25(29-18-31)36(34,35)30-28(33)21-13-14-23-24(16-21)32-15-7-11-19-8-5-6-12-22(19)27(32)26(23)20-9-3-2-4-10-20;30-23-15-29-22-14-17(26(31)28-34(32,33)18-11-12-18)10-13-20(22)24(16-6-2-1-3-7-16)25(29)19-8-4-5-9-21(19)27-23;1-28(2)33(31,32)27-26(30)20-14-15-22-23(17-20)29-16-8-12-18-9-6-7-13-21(18)25(29)24(22)19-10-4-3-5-11-19/h5-6,8,12-14,16-18,20H,2-4,7,9-11,15H2,1H3,(H,30,33);4-5,8-10,13-14,16,18H,1-3,6-7,11-12,15H2,(H,27,30)(H,28,31);6-7,9,13-15,17,19H,3-5,8,10-12,16H2,1-2H3,(H,27,30). The monoisotopic (exact) mass is 1440 g/mol. The zero-order valence-electron chi connectivity index (χ0n) is 58.5. The summed E-state index contributed by atoms with van der Waals surface area (Å²) in [5, 5.41) is 5.78. The van der Waals surface area contributed by atoms with E-state index in [1.54, 1.807) is 31.3 Å². The van der Waals surface area contributed by atoms with Crippen molar-refractivity contribution in [2.24, 2.45) is 7.05 Å². The van der Waals surface area contributed by atoms with Gasteiger partial charge in [0.2, 0.25) is 15.9 Å². The number of aryl methyl sites for hydroxylation is 5. The van der Waals surface area contributed by atoms with Crippen molar-refractivity contribution >= 4 is 92.3 Å². The van der Waals surface area contributed by atoms with Crippen LogP contribution in [0.5, 0.6) is 0 Å². The molecule has 7 aliphatic rings. The highest BCUT2D eigenvalue weighted by atomic mass is 32.2. The maximum absolute atomic E-state index is 13.1. The number of sulfonamides is 2. The predicted molar refractivity (Wildman–Crippen MR) is 402 cm³/mol. The number of rotatable bonds is 12. The summed E-state index contributed by atoms with van der Waals surface area (Å²) in [5.41, 5.74) is 18.5. The molecule has 0 radical (unpaired) electrons. The predicted octanol–water partition coefficient (Wildman–Crippen LogP) is 14.5. The highest BCUT2D eigenvalue weighted by Gasteiger charge is 2.38. The molecule has 4 aliphatic carbocycles. The normalized spacial score (nSPS) is 17.3. The van der Waals surface area contributed by atoms with Gasteiger partial charge in [-0.25, -0.2) is 27.6 Å². The van der Waals surface area contributed by atoms with Gasteiger partial charge in [0.1, 0.15) is 6.54 Å². The SMILES string of the molecule is CN(C)S(=O)(=O)NC(=O)c1ccc2c(C3CCCCC3)c3n(c2c1)CCCc1ccccc1-3.Cn1cnc(S(=O)(=O)NC(=O)c2ccc3c(C4CCCCC4)c4n(c3c2)CCCc2ccccc2-4)c1.O=C1Cn2c(c(C3CCCCC3)c3ccc(C(=O)NS(=O)(=O)C4CC4)cc32)-c2ccccc2N1. The second-order valence-corrected chi connectivity index (χ2v) is 34.7. The summed E-state index contributed by atoms with van der Waals surface area (Å²) in [4.78, 5) is 55.5. The molecule has 0 saturated heterocycles. The first kappa shape index (κ1) is 69.6. The number of imidazole rings is 1. The lowest BCUT2D eigenvalue weighted by Gasteiger charge is -2.24. The van der Waals surface area contributed by atoms with Crippen molar-refractivity contribution in [3.8, 4) is 33.8 Å². The van der Waals surface area contributed by atoms with Crippen LogP contribution in [0.25, 0.3) is 66.5 Å². The Balaban J connectivity index is 0.000000125. The Morgan fingerprint density at radius 1 is 0.485 bits per heavy atom. The zero-order valence-corrected chi connectivity index (χ0v) is 61.0. The fourth-order valence-corrected chi connectivity index (χ4v) is 19.9. The second-order valence-electron chi connectivity index (χ2n) is 29.2. The third-order valence-electron chi connectivity index (χ3n) is 22.2. The molecule has 536 valence electrons. The third-order valence-corrected chi connectivity index (χ3v) is 26.6. The Labute approximate surface area is 601 Å². The molecule has 4 N–H and O–H groups in total. The van der Waals surface area contributed by atoms with E-state index < -0.39 is 53.2 Å². The van der Waals surface area contributed by atoms with E-state index in [-0.39, 0.29) is 23.0 Å². The summed E-state index contributed by atoms with van der Waals surface area (Å²) in [6, 6.07) is 41.9. The molecule has 0 bridgehead atoms. The minimum absolute atomic E-state index is 0.121. The molecule has 6 aromatic carbocycles. The van der Waals surface area contributed by atoms with Crippen LogP contribution in [0.2, 0.25) is 0 Å². The largest absolute Gasteiger partial charge is 0.340 e. The first-order valence-electron chi connectivity index (χ1n) is 36.6. The van der Waals surface area contributed by atoms with Crippen molar-refractivity contribution in [3.05, 3.63) is 184 Å². The average molecular weight is 1450 g/mol. The van der Waals surface area contributed by atoms with Crippen molar-refractivity contribution in [3.63, 3.8) is 0 Å². The van der Waals surface area contributed by atoms with E-state index in [1.165, 1.54) is 176 Å². The Morgan fingerprint density at radius 3 is 1.35 bits per heavy atom. The summed E-state index contributed by atoms with van der Waals surface area (Å²) < 4.78 is 90.3. The van der Waals surface area contributed by atoms with Crippen molar-refractivity contribution in [2.75, 3.05) is 19.4 Å². The number of fused-ring (bicyclic) bond motifs is 15.